The molecule has 1 heterocycles. The summed E-state index contributed by atoms with van der Waals surface area (Å²) in [7, 11) is 1.76. The molecule has 0 aliphatic carbocycles. The van der Waals surface area contributed by atoms with E-state index in [0.717, 1.165) is 16.3 Å². The van der Waals surface area contributed by atoms with Gasteiger partial charge in [0.1, 0.15) is 11.6 Å². The quantitative estimate of drug-likeness (QED) is 0.688. The SMILES string of the molecule is CCN(C)C(=O)c1cnc(Nc2cccc(F)c2Cl)c2cccc(C)c12. The molecule has 3 rings (SSSR count). The number of carbonyl (C=O) groups excluding carboxylic acids is 1. The predicted octanol–water partition coefficient (Wildman–Crippen LogP) is 5.17. The van der Waals surface area contributed by atoms with Crippen molar-refractivity contribution in [2.45, 2.75) is 13.8 Å². The lowest BCUT2D eigenvalue weighted by Gasteiger charge is -2.18. The summed E-state index contributed by atoms with van der Waals surface area (Å²) in [5.41, 5.74) is 1.93. The van der Waals surface area contributed by atoms with Crippen LogP contribution < -0.4 is 5.32 Å². The fraction of sp³-hybridized carbons (Fsp3) is 0.200. The van der Waals surface area contributed by atoms with Crippen LogP contribution in [0.1, 0.15) is 22.8 Å². The second kappa shape index (κ2) is 7.30. The monoisotopic (exact) mass is 371 g/mol. The number of fused-ring (bicyclic) bond motifs is 1. The van der Waals surface area contributed by atoms with E-state index in [1.165, 1.54) is 6.07 Å². The van der Waals surface area contributed by atoms with E-state index in [4.69, 9.17) is 11.6 Å². The van der Waals surface area contributed by atoms with Gasteiger partial charge in [-0.25, -0.2) is 9.37 Å². The number of amides is 1. The molecule has 134 valence electrons. The lowest BCUT2D eigenvalue weighted by atomic mass is 10.0. The van der Waals surface area contributed by atoms with Crippen molar-refractivity contribution in [2.75, 3.05) is 18.9 Å². The van der Waals surface area contributed by atoms with Gasteiger partial charge in [0, 0.05) is 30.6 Å². The van der Waals surface area contributed by atoms with Crippen LogP contribution >= 0.6 is 11.6 Å². The number of aromatic nitrogens is 1. The van der Waals surface area contributed by atoms with E-state index < -0.39 is 5.82 Å². The molecule has 1 aromatic heterocycles. The van der Waals surface area contributed by atoms with E-state index in [-0.39, 0.29) is 10.9 Å². The first kappa shape index (κ1) is 18.1. The molecule has 0 spiro atoms. The summed E-state index contributed by atoms with van der Waals surface area (Å²) in [4.78, 5) is 18.8. The zero-order valence-corrected chi connectivity index (χ0v) is 15.6. The van der Waals surface area contributed by atoms with Crippen LogP contribution in [0.2, 0.25) is 5.02 Å². The minimum atomic E-state index is -0.506. The Labute approximate surface area is 156 Å². The number of nitrogens with one attached hydrogen (secondary N) is 1. The first-order chi connectivity index (χ1) is 12.4. The molecule has 3 aromatic rings. The molecule has 1 amide bonds. The summed E-state index contributed by atoms with van der Waals surface area (Å²) in [5, 5.41) is 4.69. The molecule has 1 N–H and O–H groups in total. The average molecular weight is 372 g/mol. The third-order valence-corrected chi connectivity index (χ3v) is 4.76. The third kappa shape index (κ3) is 3.22. The molecule has 6 heteroatoms. The zero-order valence-electron chi connectivity index (χ0n) is 14.8. The molecule has 0 saturated heterocycles. The Morgan fingerprint density at radius 1 is 1.27 bits per heavy atom. The lowest BCUT2D eigenvalue weighted by molar-refractivity contribution is 0.0804. The summed E-state index contributed by atoms with van der Waals surface area (Å²) >= 11 is 6.04. The Kier molecular flexibility index (Phi) is 5.09. The molecule has 26 heavy (non-hydrogen) atoms. The van der Waals surface area contributed by atoms with Crippen molar-refractivity contribution in [3.8, 4) is 0 Å². The van der Waals surface area contributed by atoms with Crippen LogP contribution in [0.5, 0.6) is 0 Å². The number of rotatable bonds is 4. The van der Waals surface area contributed by atoms with Gasteiger partial charge in [-0.3, -0.25) is 4.79 Å². The Morgan fingerprint density at radius 2 is 2.00 bits per heavy atom. The fourth-order valence-corrected chi connectivity index (χ4v) is 3.00. The number of nitrogens with zero attached hydrogens (tertiary/aromatic N) is 2. The maximum atomic E-state index is 13.7. The number of carbonyl (C=O) groups is 1. The average Bonchev–Trinajstić information content (AvgIpc) is 2.64. The van der Waals surface area contributed by atoms with E-state index in [1.807, 2.05) is 32.0 Å². The second-order valence-corrected chi connectivity index (χ2v) is 6.44. The highest BCUT2D eigenvalue weighted by Gasteiger charge is 2.18. The van der Waals surface area contributed by atoms with Crippen LogP contribution in [-0.2, 0) is 0 Å². The van der Waals surface area contributed by atoms with Gasteiger partial charge in [0.25, 0.3) is 5.91 Å². The van der Waals surface area contributed by atoms with Gasteiger partial charge in [0.2, 0.25) is 0 Å². The molecule has 0 unspecified atom stereocenters. The smallest absolute Gasteiger partial charge is 0.255 e. The van der Waals surface area contributed by atoms with Crippen molar-refractivity contribution < 1.29 is 9.18 Å². The number of anilines is 2. The highest BCUT2D eigenvalue weighted by molar-refractivity contribution is 6.33. The zero-order chi connectivity index (χ0) is 18.8. The summed E-state index contributed by atoms with van der Waals surface area (Å²) in [5.74, 6) is -0.0740. The number of halogens is 2. The van der Waals surface area contributed by atoms with Crippen molar-refractivity contribution in [1.82, 2.24) is 9.88 Å². The molecule has 0 aliphatic rings. The number of hydrogen-bond donors (Lipinski definition) is 1. The maximum absolute atomic E-state index is 13.7. The van der Waals surface area contributed by atoms with E-state index in [0.29, 0.717) is 23.6 Å². The molecule has 0 fully saturated rings. The molecule has 0 saturated carbocycles. The lowest BCUT2D eigenvalue weighted by Crippen LogP contribution is -2.26. The van der Waals surface area contributed by atoms with Crippen LogP contribution in [0.4, 0.5) is 15.9 Å². The van der Waals surface area contributed by atoms with Gasteiger partial charge >= 0.3 is 0 Å². The second-order valence-electron chi connectivity index (χ2n) is 6.06. The number of pyridine rings is 1. The van der Waals surface area contributed by atoms with Crippen LogP contribution in [0, 0.1) is 12.7 Å². The summed E-state index contributed by atoms with van der Waals surface area (Å²) in [6, 6.07) is 10.3. The van der Waals surface area contributed by atoms with Gasteiger partial charge in [0.15, 0.2) is 0 Å². The van der Waals surface area contributed by atoms with Crippen molar-refractivity contribution in [2.24, 2.45) is 0 Å². The molecule has 2 aromatic carbocycles. The highest BCUT2D eigenvalue weighted by Crippen LogP contribution is 2.32. The molecular weight excluding hydrogens is 353 g/mol. The Balaban J connectivity index is 2.16. The van der Waals surface area contributed by atoms with E-state index >= 15 is 0 Å². The van der Waals surface area contributed by atoms with E-state index in [9.17, 15) is 9.18 Å². The standard InChI is InChI=1S/C20H19ClFN3O/c1-4-25(3)20(26)14-11-23-19(13-8-5-7-12(2)17(13)14)24-16-10-6-9-15(22)18(16)21/h5-11H,4H2,1-3H3,(H,23,24). The molecule has 0 radical (unpaired) electrons. The van der Waals surface area contributed by atoms with Crippen molar-refractivity contribution in [3.63, 3.8) is 0 Å². The first-order valence-electron chi connectivity index (χ1n) is 8.28. The van der Waals surface area contributed by atoms with Crippen molar-refractivity contribution in [3.05, 3.63) is 64.6 Å². The Bertz CT molecular complexity index is 990. The van der Waals surface area contributed by atoms with E-state index in [1.54, 1.807) is 30.3 Å². The van der Waals surface area contributed by atoms with Gasteiger partial charge in [-0.05, 0) is 31.5 Å². The van der Waals surface area contributed by atoms with Crippen LogP contribution in [0.3, 0.4) is 0 Å². The summed E-state index contributed by atoms with van der Waals surface area (Å²) < 4.78 is 13.7. The molecule has 0 bridgehead atoms. The molecule has 0 aliphatic heterocycles. The number of aryl methyl sites for hydroxylation is 1. The predicted molar refractivity (Wildman–Crippen MR) is 104 cm³/mol. The molecule has 0 atom stereocenters. The van der Waals surface area contributed by atoms with Gasteiger partial charge in [-0.2, -0.15) is 0 Å². The first-order valence-corrected chi connectivity index (χ1v) is 8.66. The van der Waals surface area contributed by atoms with Gasteiger partial charge < -0.3 is 10.2 Å². The van der Waals surface area contributed by atoms with Crippen LogP contribution in [0.15, 0.2) is 42.6 Å². The van der Waals surface area contributed by atoms with Crippen molar-refractivity contribution in [1.29, 1.82) is 0 Å². The normalized spacial score (nSPS) is 10.8. The summed E-state index contributed by atoms with van der Waals surface area (Å²) in [6.07, 6.45) is 1.55. The molecule has 4 nitrogen and oxygen atoms in total. The van der Waals surface area contributed by atoms with Gasteiger partial charge in [0.05, 0.1) is 16.3 Å². The largest absolute Gasteiger partial charge is 0.342 e. The molecular formula is C20H19ClFN3O. The third-order valence-electron chi connectivity index (χ3n) is 4.38. The fourth-order valence-electron chi connectivity index (χ4n) is 2.82. The van der Waals surface area contributed by atoms with Crippen molar-refractivity contribution >= 4 is 39.8 Å². The Hall–Kier alpha value is -2.66. The van der Waals surface area contributed by atoms with Crippen LogP contribution in [0.25, 0.3) is 10.8 Å². The van der Waals surface area contributed by atoms with Gasteiger partial charge in [-0.1, -0.05) is 35.9 Å². The Morgan fingerprint density at radius 3 is 2.73 bits per heavy atom. The van der Waals surface area contributed by atoms with Crippen LogP contribution in [-0.4, -0.2) is 29.4 Å². The minimum absolute atomic E-state index is 0.000900. The van der Waals surface area contributed by atoms with E-state index in [2.05, 4.69) is 10.3 Å². The number of hydrogen-bond acceptors (Lipinski definition) is 3. The highest BCUT2D eigenvalue weighted by atomic mass is 35.5. The van der Waals surface area contributed by atoms with Gasteiger partial charge in [-0.15, -0.1) is 0 Å². The minimum Gasteiger partial charge on any atom is -0.342 e. The maximum Gasteiger partial charge on any atom is 0.255 e. The summed E-state index contributed by atoms with van der Waals surface area (Å²) in [6.45, 7) is 4.47. The topological polar surface area (TPSA) is 45.2 Å². The number of benzene rings is 2.